The van der Waals surface area contributed by atoms with Gasteiger partial charge in [-0.05, 0) is 56.0 Å². The number of urea groups is 1. The summed E-state index contributed by atoms with van der Waals surface area (Å²) in [7, 11) is -3.95. The molecule has 1 aliphatic carbocycles. The Hall–Kier alpha value is -3.11. The topological polar surface area (TPSA) is 116 Å². The van der Waals surface area contributed by atoms with Crippen LogP contribution in [0.2, 0.25) is 5.02 Å². The Balaban J connectivity index is 1.53. The SMILES string of the molecule is CCN(c1ccccc1)S(=O)(=O)c1ccc(Cl)c(NC(=O)CN2C(=O)NC3(CCCCC3C)C2=O)c1. The molecule has 2 aliphatic rings. The number of nitrogens with zero attached hydrogens (tertiary/aromatic N) is 2. The van der Waals surface area contributed by atoms with E-state index < -0.39 is 40.0 Å². The molecule has 1 aliphatic heterocycles. The number of para-hydroxylation sites is 1. The number of benzene rings is 2. The van der Waals surface area contributed by atoms with Gasteiger partial charge >= 0.3 is 6.03 Å². The largest absolute Gasteiger partial charge is 0.325 e. The van der Waals surface area contributed by atoms with Crippen LogP contribution in [0.4, 0.5) is 16.2 Å². The lowest BCUT2D eigenvalue weighted by molar-refractivity contribution is -0.136. The molecule has 1 heterocycles. The third kappa shape index (κ3) is 4.67. The molecule has 0 radical (unpaired) electrons. The van der Waals surface area contributed by atoms with Crippen LogP contribution in [0.1, 0.15) is 39.5 Å². The number of imide groups is 1. The standard InChI is InChI=1S/C25H29ClN4O5S/c1-3-30(18-10-5-4-6-11-18)36(34,35)19-12-13-20(26)21(15-19)27-22(31)16-29-23(32)25(28-24(29)33)14-8-7-9-17(25)2/h4-6,10-13,15,17H,3,7-9,14,16H2,1-2H3,(H,27,31)(H,28,33). The highest BCUT2D eigenvalue weighted by Crippen LogP contribution is 2.38. The Morgan fingerprint density at radius 2 is 1.92 bits per heavy atom. The lowest BCUT2D eigenvalue weighted by Crippen LogP contribution is -2.54. The number of anilines is 2. The van der Waals surface area contributed by atoms with Crippen LogP contribution >= 0.6 is 11.6 Å². The van der Waals surface area contributed by atoms with Crippen LogP contribution in [0.5, 0.6) is 0 Å². The minimum atomic E-state index is -3.95. The first kappa shape index (κ1) is 26.0. The number of hydrogen-bond acceptors (Lipinski definition) is 5. The maximum absolute atomic E-state index is 13.3. The summed E-state index contributed by atoms with van der Waals surface area (Å²) in [6.07, 6.45) is 3.17. The minimum Gasteiger partial charge on any atom is -0.323 e. The highest BCUT2D eigenvalue weighted by atomic mass is 35.5. The highest BCUT2D eigenvalue weighted by molar-refractivity contribution is 7.92. The van der Waals surface area contributed by atoms with Crippen LogP contribution in [0, 0.1) is 5.92 Å². The van der Waals surface area contributed by atoms with Gasteiger partial charge in [-0.25, -0.2) is 13.2 Å². The molecule has 4 amide bonds. The quantitative estimate of drug-likeness (QED) is 0.523. The molecule has 2 aromatic carbocycles. The van der Waals surface area contributed by atoms with E-state index in [0.717, 1.165) is 24.2 Å². The summed E-state index contributed by atoms with van der Waals surface area (Å²) in [5.41, 5.74) is -0.396. The summed E-state index contributed by atoms with van der Waals surface area (Å²) in [6.45, 7) is 3.35. The van der Waals surface area contributed by atoms with Crippen molar-refractivity contribution in [2.45, 2.75) is 50.0 Å². The molecule has 1 saturated heterocycles. The molecule has 2 atom stereocenters. The van der Waals surface area contributed by atoms with Crippen molar-refractivity contribution in [2.75, 3.05) is 22.7 Å². The lowest BCUT2D eigenvalue weighted by Gasteiger charge is -2.36. The van der Waals surface area contributed by atoms with E-state index in [1.165, 1.54) is 22.5 Å². The predicted molar refractivity (Wildman–Crippen MR) is 137 cm³/mol. The number of hydrogen-bond donors (Lipinski definition) is 2. The third-order valence-corrected chi connectivity index (χ3v) is 9.16. The van der Waals surface area contributed by atoms with Crippen molar-refractivity contribution in [3.8, 4) is 0 Å². The summed E-state index contributed by atoms with van der Waals surface area (Å²) in [4.78, 5) is 39.4. The van der Waals surface area contributed by atoms with Gasteiger partial charge < -0.3 is 10.6 Å². The van der Waals surface area contributed by atoms with Gasteiger partial charge in [0.1, 0.15) is 12.1 Å². The lowest BCUT2D eigenvalue weighted by atomic mass is 9.73. The first-order valence-electron chi connectivity index (χ1n) is 11.9. The van der Waals surface area contributed by atoms with Crippen LogP contribution in [0.3, 0.4) is 0 Å². The van der Waals surface area contributed by atoms with Crippen molar-refractivity contribution in [1.82, 2.24) is 10.2 Å². The van der Waals surface area contributed by atoms with E-state index in [2.05, 4.69) is 10.6 Å². The number of halogens is 1. The summed E-state index contributed by atoms with van der Waals surface area (Å²) < 4.78 is 27.9. The Labute approximate surface area is 215 Å². The van der Waals surface area contributed by atoms with E-state index in [4.69, 9.17) is 11.6 Å². The molecule has 2 unspecified atom stereocenters. The number of amides is 4. The van der Waals surface area contributed by atoms with Gasteiger partial charge in [-0.2, -0.15) is 0 Å². The Kier molecular flexibility index (Phi) is 7.28. The van der Waals surface area contributed by atoms with Gasteiger partial charge in [-0.1, -0.05) is 49.6 Å². The van der Waals surface area contributed by atoms with Crippen molar-refractivity contribution < 1.29 is 22.8 Å². The molecule has 2 N–H and O–H groups in total. The smallest absolute Gasteiger partial charge is 0.323 e. The van der Waals surface area contributed by atoms with E-state index in [9.17, 15) is 22.8 Å². The van der Waals surface area contributed by atoms with Gasteiger partial charge in [0.2, 0.25) is 5.91 Å². The number of rotatable bonds is 7. The fourth-order valence-corrected chi connectivity index (χ4v) is 6.61. The van der Waals surface area contributed by atoms with E-state index in [1.54, 1.807) is 37.3 Å². The van der Waals surface area contributed by atoms with Crippen molar-refractivity contribution >= 4 is 50.8 Å². The second-order valence-electron chi connectivity index (χ2n) is 9.13. The fraction of sp³-hybridized carbons (Fsp3) is 0.400. The first-order chi connectivity index (χ1) is 17.1. The molecule has 11 heteroatoms. The number of sulfonamides is 1. The van der Waals surface area contributed by atoms with Gasteiger partial charge in [-0.3, -0.25) is 18.8 Å². The highest BCUT2D eigenvalue weighted by Gasteiger charge is 2.55. The number of carbonyl (C=O) groups excluding carboxylic acids is 3. The molecular formula is C25H29ClN4O5S. The first-order valence-corrected chi connectivity index (χ1v) is 13.7. The van der Waals surface area contributed by atoms with Crippen LogP contribution in [0.25, 0.3) is 0 Å². The monoisotopic (exact) mass is 532 g/mol. The zero-order valence-corrected chi connectivity index (χ0v) is 21.7. The summed E-state index contributed by atoms with van der Waals surface area (Å²) >= 11 is 6.25. The second-order valence-corrected chi connectivity index (χ2v) is 11.4. The molecule has 2 fully saturated rings. The van der Waals surface area contributed by atoms with E-state index in [1.807, 2.05) is 6.92 Å². The van der Waals surface area contributed by atoms with Crippen molar-refractivity contribution in [1.29, 1.82) is 0 Å². The summed E-state index contributed by atoms with van der Waals surface area (Å²) in [6, 6.07) is 12.1. The molecule has 0 bridgehead atoms. The molecule has 9 nitrogen and oxygen atoms in total. The van der Waals surface area contributed by atoms with E-state index in [0.29, 0.717) is 12.1 Å². The van der Waals surface area contributed by atoms with Crippen LogP contribution < -0.4 is 14.9 Å². The van der Waals surface area contributed by atoms with Crippen LogP contribution in [-0.2, 0) is 19.6 Å². The molecule has 1 spiro atoms. The molecule has 4 rings (SSSR count). The maximum atomic E-state index is 13.3. The molecule has 2 aromatic rings. The van der Waals surface area contributed by atoms with Gasteiger partial charge in [0.05, 0.1) is 21.3 Å². The maximum Gasteiger partial charge on any atom is 0.325 e. The average Bonchev–Trinajstić information content (AvgIpc) is 3.08. The van der Waals surface area contributed by atoms with E-state index >= 15 is 0 Å². The molecule has 0 aromatic heterocycles. The normalized spacial score (nSPS) is 22.0. The predicted octanol–water partition coefficient (Wildman–Crippen LogP) is 3.99. The minimum absolute atomic E-state index is 0.0294. The van der Waals surface area contributed by atoms with Crippen LogP contribution in [0.15, 0.2) is 53.4 Å². The molecule has 36 heavy (non-hydrogen) atoms. The Morgan fingerprint density at radius 1 is 1.19 bits per heavy atom. The molecule has 1 saturated carbocycles. The second kappa shape index (κ2) is 10.1. The Bertz CT molecular complexity index is 1290. The van der Waals surface area contributed by atoms with Gasteiger partial charge in [0.25, 0.3) is 15.9 Å². The van der Waals surface area contributed by atoms with Gasteiger partial charge in [-0.15, -0.1) is 0 Å². The third-order valence-electron chi connectivity index (χ3n) is 6.93. The van der Waals surface area contributed by atoms with E-state index in [-0.39, 0.29) is 28.1 Å². The molecular weight excluding hydrogens is 504 g/mol. The molecule has 192 valence electrons. The van der Waals surface area contributed by atoms with Crippen molar-refractivity contribution in [3.63, 3.8) is 0 Å². The summed E-state index contributed by atoms with van der Waals surface area (Å²) in [5, 5.41) is 5.50. The summed E-state index contributed by atoms with van der Waals surface area (Å²) in [5.74, 6) is -1.09. The Morgan fingerprint density at radius 3 is 2.58 bits per heavy atom. The average molecular weight is 533 g/mol. The van der Waals surface area contributed by atoms with Gasteiger partial charge in [0.15, 0.2) is 0 Å². The van der Waals surface area contributed by atoms with Crippen molar-refractivity contribution in [3.05, 3.63) is 53.6 Å². The van der Waals surface area contributed by atoms with Gasteiger partial charge in [0, 0.05) is 6.54 Å². The number of carbonyl (C=O) groups is 3. The van der Waals surface area contributed by atoms with Crippen LogP contribution in [-0.4, -0.2) is 49.8 Å². The zero-order valence-electron chi connectivity index (χ0n) is 20.2. The number of nitrogens with one attached hydrogen (secondary N) is 2. The zero-order chi connectivity index (χ0) is 26.1. The van der Waals surface area contributed by atoms with Crippen molar-refractivity contribution in [2.24, 2.45) is 5.92 Å². The fourth-order valence-electron chi connectivity index (χ4n) is 4.95.